The van der Waals surface area contributed by atoms with Gasteiger partial charge in [0, 0.05) is 49.5 Å². The third-order valence-electron chi connectivity index (χ3n) is 12.3. The first-order valence-corrected chi connectivity index (χ1v) is 18.3. The molecule has 6 heteroatoms. The molecular weight excluding hydrogens is 685 g/mol. The molecule has 0 atom stereocenters. The van der Waals surface area contributed by atoms with Crippen LogP contribution in [0.15, 0.2) is 109 Å². The van der Waals surface area contributed by atoms with E-state index in [0.717, 1.165) is 64.6 Å². The Morgan fingerprint density at radius 1 is 0.236 bits per heavy atom. The zero-order valence-electron chi connectivity index (χ0n) is 29.0. The molecule has 55 heavy (non-hydrogen) atoms. The smallest absolute Gasteiger partial charge is 0.171 e. The number of fused-ring (bicyclic) bond motifs is 4. The summed E-state index contributed by atoms with van der Waals surface area (Å²) in [5.41, 5.74) is 3.71. The number of carbonyl (C=O) groups is 6. The molecule has 0 heterocycles. The minimum absolute atomic E-state index is 0.0209. The van der Waals surface area contributed by atoms with Gasteiger partial charge in [0.15, 0.2) is 34.7 Å². The minimum atomic E-state index is -0.150. The normalized spacial score (nSPS) is 15.3. The van der Waals surface area contributed by atoms with Crippen LogP contribution in [-0.2, 0) is 0 Å². The Balaban J connectivity index is 0.000000124. The van der Waals surface area contributed by atoms with Crippen LogP contribution in [0.5, 0.6) is 0 Å². The first-order valence-electron chi connectivity index (χ1n) is 18.3. The summed E-state index contributed by atoms with van der Waals surface area (Å²) in [7, 11) is 0. The Labute approximate surface area is 310 Å². The minimum Gasteiger partial charge on any atom is -0.294 e. The van der Waals surface area contributed by atoms with Crippen molar-refractivity contribution >= 4 is 121 Å². The number of hydrogen-bond donors (Lipinski definition) is 0. The van der Waals surface area contributed by atoms with Crippen LogP contribution in [0, 0.1) is 0 Å². The van der Waals surface area contributed by atoms with E-state index in [4.69, 9.17) is 0 Å². The van der Waals surface area contributed by atoms with Gasteiger partial charge in [-0.3, -0.25) is 28.8 Å². The number of ketones is 6. The van der Waals surface area contributed by atoms with E-state index in [9.17, 15) is 28.8 Å². The van der Waals surface area contributed by atoms with Crippen LogP contribution in [0.3, 0.4) is 0 Å². The topological polar surface area (TPSA) is 102 Å². The van der Waals surface area contributed by atoms with Gasteiger partial charge in [-0.15, -0.1) is 0 Å². The fourth-order valence-electron chi connectivity index (χ4n) is 10.0. The van der Waals surface area contributed by atoms with Crippen molar-refractivity contribution in [3.63, 3.8) is 0 Å². The maximum absolute atomic E-state index is 12.6. The molecule has 0 amide bonds. The fourth-order valence-corrected chi connectivity index (χ4v) is 10.0. The highest BCUT2D eigenvalue weighted by atomic mass is 16.2. The van der Waals surface area contributed by atoms with E-state index >= 15 is 0 Å². The van der Waals surface area contributed by atoms with Crippen LogP contribution in [-0.4, -0.2) is 34.7 Å². The molecular formula is C49H24O6. The lowest BCUT2D eigenvalue weighted by molar-refractivity contribution is 0.0874. The van der Waals surface area contributed by atoms with Gasteiger partial charge in [0.1, 0.15) is 0 Å². The Kier molecular flexibility index (Phi) is 5.66. The Hall–Kier alpha value is -7.18. The number of rotatable bonds is 0. The van der Waals surface area contributed by atoms with Gasteiger partial charge in [0.05, 0.1) is 19.3 Å². The lowest BCUT2D eigenvalue weighted by Crippen LogP contribution is -2.17. The molecule has 3 aliphatic carbocycles. The molecule has 0 radical (unpaired) electrons. The average molecular weight is 709 g/mol. The van der Waals surface area contributed by atoms with Gasteiger partial charge in [-0.2, -0.15) is 0 Å². The summed E-state index contributed by atoms with van der Waals surface area (Å²) in [6.45, 7) is 0. The molecule has 0 bridgehead atoms. The van der Waals surface area contributed by atoms with Crippen molar-refractivity contribution in [1.82, 2.24) is 0 Å². The molecule has 0 aromatic heterocycles. The highest BCUT2D eigenvalue weighted by Crippen LogP contribution is 2.47. The third-order valence-corrected chi connectivity index (χ3v) is 12.3. The number of hydrogen-bond acceptors (Lipinski definition) is 6. The van der Waals surface area contributed by atoms with E-state index in [1.54, 1.807) is 24.3 Å². The highest BCUT2D eigenvalue weighted by Gasteiger charge is 2.31. The van der Waals surface area contributed by atoms with Crippen molar-refractivity contribution in [2.45, 2.75) is 19.3 Å². The molecule has 0 unspecified atom stereocenters. The molecule has 0 fully saturated rings. The summed E-state index contributed by atoms with van der Waals surface area (Å²) in [6.07, 6.45) is -0.208. The summed E-state index contributed by atoms with van der Waals surface area (Å²) in [4.78, 5) is 75.1. The number of Topliss-reactive ketones (excluding diaryl/α,β-unsaturated/α-hetero) is 6. The Morgan fingerprint density at radius 3 is 0.727 bits per heavy atom. The van der Waals surface area contributed by atoms with Crippen LogP contribution in [0.4, 0.5) is 0 Å². The summed E-state index contributed by atoms with van der Waals surface area (Å²) < 4.78 is 0. The molecule has 13 rings (SSSR count). The first-order chi connectivity index (χ1) is 26.8. The fraction of sp³-hybridized carbons (Fsp3) is 0.0612. The molecule has 256 valence electrons. The monoisotopic (exact) mass is 708 g/mol. The van der Waals surface area contributed by atoms with Crippen LogP contribution in [0.2, 0.25) is 0 Å². The van der Waals surface area contributed by atoms with E-state index in [0.29, 0.717) is 33.4 Å². The van der Waals surface area contributed by atoms with Crippen molar-refractivity contribution in [2.24, 2.45) is 0 Å². The van der Waals surface area contributed by atoms with E-state index in [-0.39, 0.29) is 54.0 Å². The molecule has 6 nitrogen and oxygen atoms in total. The van der Waals surface area contributed by atoms with E-state index in [1.165, 1.54) is 21.5 Å². The van der Waals surface area contributed by atoms with Crippen LogP contribution >= 0.6 is 0 Å². The molecule has 0 saturated heterocycles. The Morgan fingerprint density at radius 2 is 0.473 bits per heavy atom. The zero-order chi connectivity index (χ0) is 37.0. The van der Waals surface area contributed by atoms with Crippen molar-refractivity contribution < 1.29 is 28.8 Å². The lowest BCUT2D eigenvalue weighted by atomic mass is 9.79. The van der Waals surface area contributed by atoms with Crippen molar-refractivity contribution in [3.8, 4) is 0 Å². The Bertz CT molecular complexity index is 3230. The average Bonchev–Trinajstić information content (AvgIpc) is 3.19. The van der Waals surface area contributed by atoms with E-state index in [2.05, 4.69) is 36.4 Å². The van der Waals surface area contributed by atoms with Crippen molar-refractivity contribution in [1.29, 1.82) is 0 Å². The lowest BCUT2D eigenvalue weighted by Gasteiger charge is -2.23. The van der Waals surface area contributed by atoms with Gasteiger partial charge in [0.25, 0.3) is 0 Å². The molecule has 10 aromatic carbocycles. The summed E-state index contributed by atoms with van der Waals surface area (Å²) in [5, 5.41) is 15.9. The predicted octanol–water partition coefficient (Wildman–Crippen LogP) is 10.8. The summed E-state index contributed by atoms with van der Waals surface area (Å²) in [6, 6.07) is 35.5. The van der Waals surface area contributed by atoms with Crippen molar-refractivity contribution in [2.75, 3.05) is 0 Å². The molecule has 0 aliphatic heterocycles. The van der Waals surface area contributed by atoms with Crippen molar-refractivity contribution in [3.05, 3.63) is 143 Å². The standard InChI is InChI=1S/C26H12O4.C23H12O2/c27-19-9-20(28)16-7-3-13-14-4-8-18-22(30)10-21(29)17-6-2-12(24(14)26(17)18)11-1-5-15(19)25(16)23(11)13;24-19-11-20(25)18-10-8-16-14-6-2-4-12-3-1-5-13(21(12)14)15-7-9-17(19)23(18)22(15)16/h1-8H,9-10H2;1-10H,11H2. The molecule has 0 N–H and O–H groups in total. The molecule has 10 aromatic rings. The van der Waals surface area contributed by atoms with Crippen LogP contribution in [0.25, 0.3) is 86.2 Å². The van der Waals surface area contributed by atoms with Gasteiger partial charge in [0.2, 0.25) is 0 Å². The van der Waals surface area contributed by atoms with Gasteiger partial charge in [-0.1, -0.05) is 109 Å². The van der Waals surface area contributed by atoms with Gasteiger partial charge >= 0.3 is 0 Å². The maximum Gasteiger partial charge on any atom is 0.171 e. The van der Waals surface area contributed by atoms with Gasteiger partial charge < -0.3 is 0 Å². The van der Waals surface area contributed by atoms with Crippen LogP contribution in [0.1, 0.15) is 81.4 Å². The van der Waals surface area contributed by atoms with Crippen LogP contribution < -0.4 is 0 Å². The first kappa shape index (κ1) is 30.3. The van der Waals surface area contributed by atoms with Gasteiger partial charge in [-0.05, 0) is 70.0 Å². The van der Waals surface area contributed by atoms with E-state index < -0.39 is 0 Å². The maximum atomic E-state index is 12.6. The van der Waals surface area contributed by atoms with Gasteiger partial charge in [-0.25, -0.2) is 0 Å². The predicted molar refractivity (Wildman–Crippen MR) is 215 cm³/mol. The second-order valence-electron chi connectivity index (χ2n) is 15.0. The number of benzene rings is 10. The highest BCUT2D eigenvalue weighted by molar-refractivity contribution is 6.42. The second-order valence-corrected chi connectivity index (χ2v) is 15.0. The third kappa shape index (κ3) is 3.73. The van der Waals surface area contributed by atoms with E-state index in [1.807, 2.05) is 48.5 Å². The summed E-state index contributed by atoms with van der Waals surface area (Å²) >= 11 is 0. The molecule has 3 aliphatic rings. The SMILES string of the molecule is O=C1CC(=O)c2ccc3c4ccc5c6c(ccc(c7ccc1c2c73)c64)C(=O)CC5=O.O=C1CC(=O)c2ccc3c4cccc5cccc(c6ccc1c2c63)c54. The molecule has 0 spiro atoms. The summed E-state index contributed by atoms with van der Waals surface area (Å²) in [5.74, 6) is -0.740. The molecule has 0 saturated carbocycles. The second kappa shape index (κ2) is 10.3. The number of carbonyl (C=O) groups excluding carboxylic acids is 6. The largest absolute Gasteiger partial charge is 0.294 e. The zero-order valence-corrected chi connectivity index (χ0v) is 29.0. The quantitative estimate of drug-likeness (QED) is 0.0883.